The molecule has 1 aliphatic carbocycles. The fourth-order valence-electron chi connectivity index (χ4n) is 3.06. The molecule has 1 N–H and O–H groups in total. The molecule has 2 rings (SSSR count). The fraction of sp³-hybridized carbons (Fsp3) is 0.786. The molecule has 96 valence electrons. The first-order valence-corrected chi connectivity index (χ1v) is 7.02. The van der Waals surface area contributed by atoms with E-state index in [2.05, 4.69) is 41.8 Å². The molecule has 0 aromatic carbocycles. The number of nitrogens with zero attached hydrogens (tertiary/aromatic N) is 2. The molecule has 3 atom stereocenters. The summed E-state index contributed by atoms with van der Waals surface area (Å²) in [6, 6.07) is 0.682. The first kappa shape index (κ1) is 12.6. The van der Waals surface area contributed by atoms with Gasteiger partial charge in [-0.05, 0) is 38.6 Å². The largest absolute Gasteiger partial charge is 0.335 e. The van der Waals surface area contributed by atoms with E-state index in [9.17, 15) is 0 Å². The van der Waals surface area contributed by atoms with E-state index in [0.29, 0.717) is 17.9 Å². The van der Waals surface area contributed by atoms with Crippen molar-refractivity contribution in [2.45, 2.75) is 58.5 Å². The smallest absolute Gasteiger partial charge is 0.112 e. The molecule has 0 bridgehead atoms. The second-order valence-corrected chi connectivity index (χ2v) is 5.18. The molecule has 3 nitrogen and oxygen atoms in total. The highest BCUT2D eigenvalue weighted by Crippen LogP contribution is 2.38. The zero-order valence-corrected chi connectivity index (χ0v) is 11.3. The van der Waals surface area contributed by atoms with Gasteiger partial charge in [0.15, 0.2) is 0 Å². The van der Waals surface area contributed by atoms with E-state index in [0.717, 1.165) is 13.1 Å². The Morgan fingerprint density at radius 1 is 1.41 bits per heavy atom. The molecule has 0 amide bonds. The minimum Gasteiger partial charge on any atom is -0.335 e. The van der Waals surface area contributed by atoms with Crippen LogP contribution < -0.4 is 5.32 Å². The Labute approximate surface area is 105 Å². The lowest BCUT2D eigenvalue weighted by molar-refractivity contribution is 0.392. The van der Waals surface area contributed by atoms with E-state index in [-0.39, 0.29) is 0 Å². The van der Waals surface area contributed by atoms with Gasteiger partial charge in [0.2, 0.25) is 0 Å². The van der Waals surface area contributed by atoms with Crippen LogP contribution in [0.15, 0.2) is 12.4 Å². The molecular weight excluding hydrogens is 210 g/mol. The summed E-state index contributed by atoms with van der Waals surface area (Å²) in [5, 5.41) is 3.67. The topological polar surface area (TPSA) is 29.9 Å². The molecule has 0 aliphatic heterocycles. The summed E-state index contributed by atoms with van der Waals surface area (Å²) >= 11 is 0. The Balaban J connectivity index is 2.04. The molecule has 0 spiro atoms. The zero-order valence-electron chi connectivity index (χ0n) is 11.3. The molecule has 1 aromatic rings. The molecule has 0 radical (unpaired) electrons. The van der Waals surface area contributed by atoms with Crippen LogP contribution in [-0.4, -0.2) is 22.1 Å². The number of aromatic nitrogens is 2. The summed E-state index contributed by atoms with van der Waals surface area (Å²) in [7, 11) is 0. The predicted octanol–water partition coefficient (Wildman–Crippen LogP) is 2.78. The maximum Gasteiger partial charge on any atom is 0.112 e. The summed E-state index contributed by atoms with van der Waals surface area (Å²) in [6.45, 7) is 8.97. The van der Waals surface area contributed by atoms with Gasteiger partial charge in [-0.25, -0.2) is 4.98 Å². The van der Waals surface area contributed by atoms with E-state index >= 15 is 0 Å². The van der Waals surface area contributed by atoms with Crippen LogP contribution in [0.1, 0.15) is 51.8 Å². The maximum absolute atomic E-state index is 4.57. The van der Waals surface area contributed by atoms with Crippen LogP contribution in [0.4, 0.5) is 0 Å². The normalized spacial score (nSPS) is 28.8. The van der Waals surface area contributed by atoms with Gasteiger partial charge in [-0.15, -0.1) is 0 Å². The lowest BCUT2D eigenvalue weighted by Gasteiger charge is -2.22. The first-order valence-electron chi connectivity index (χ1n) is 7.02. The molecular formula is C14H25N3. The van der Waals surface area contributed by atoms with Crippen LogP contribution in [0.25, 0.3) is 0 Å². The van der Waals surface area contributed by atoms with Crippen LogP contribution >= 0.6 is 0 Å². The van der Waals surface area contributed by atoms with Crippen molar-refractivity contribution < 1.29 is 0 Å². The highest BCUT2D eigenvalue weighted by atomic mass is 15.1. The van der Waals surface area contributed by atoms with E-state index in [1.165, 1.54) is 25.1 Å². The first-order chi connectivity index (χ1) is 8.27. The Kier molecular flexibility index (Phi) is 4.21. The van der Waals surface area contributed by atoms with Crippen molar-refractivity contribution in [3.63, 3.8) is 0 Å². The third-order valence-corrected chi connectivity index (χ3v) is 4.13. The summed E-state index contributed by atoms with van der Waals surface area (Å²) in [4.78, 5) is 4.57. The number of hydrogen-bond acceptors (Lipinski definition) is 2. The third-order valence-electron chi connectivity index (χ3n) is 4.13. The quantitative estimate of drug-likeness (QED) is 0.850. The van der Waals surface area contributed by atoms with Crippen molar-refractivity contribution in [2.24, 2.45) is 5.92 Å². The molecule has 1 saturated carbocycles. The van der Waals surface area contributed by atoms with Gasteiger partial charge in [-0.1, -0.05) is 13.8 Å². The predicted molar refractivity (Wildman–Crippen MR) is 71.1 cm³/mol. The summed E-state index contributed by atoms with van der Waals surface area (Å²) in [6.07, 6.45) is 7.84. The van der Waals surface area contributed by atoms with E-state index < -0.39 is 0 Å². The Morgan fingerprint density at radius 2 is 2.24 bits per heavy atom. The highest BCUT2D eigenvalue weighted by Gasteiger charge is 2.35. The molecule has 1 fully saturated rings. The standard InChI is InChI=1S/C14H25N3/c1-4-8-15-13-7-6-12(11(13)3)14-16-9-10-17(14)5-2/h9-13,15H,4-8H2,1-3H3. The molecule has 1 heterocycles. The maximum atomic E-state index is 4.57. The van der Waals surface area contributed by atoms with E-state index in [1.807, 2.05) is 6.20 Å². The summed E-state index contributed by atoms with van der Waals surface area (Å²) in [5.41, 5.74) is 0. The second-order valence-electron chi connectivity index (χ2n) is 5.18. The Hall–Kier alpha value is -0.830. The van der Waals surface area contributed by atoms with Crippen molar-refractivity contribution in [3.05, 3.63) is 18.2 Å². The van der Waals surface area contributed by atoms with Gasteiger partial charge in [0.1, 0.15) is 5.82 Å². The lowest BCUT2D eigenvalue weighted by Crippen LogP contribution is -2.33. The van der Waals surface area contributed by atoms with Gasteiger partial charge in [-0.3, -0.25) is 0 Å². The highest BCUT2D eigenvalue weighted by molar-refractivity contribution is 5.07. The van der Waals surface area contributed by atoms with Gasteiger partial charge >= 0.3 is 0 Å². The van der Waals surface area contributed by atoms with Crippen molar-refractivity contribution >= 4 is 0 Å². The van der Waals surface area contributed by atoms with Crippen LogP contribution in [-0.2, 0) is 6.54 Å². The fourth-order valence-corrected chi connectivity index (χ4v) is 3.06. The van der Waals surface area contributed by atoms with Crippen LogP contribution in [0.3, 0.4) is 0 Å². The zero-order chi connectivity index (χ0) is 12.3. The molecule has 1 aliphatic rings. The number of rotatable bonds is 5. The molecule has 3 heteroatoms. The monoisotopic (exact) mass is 235 g/mol. The minimum absolute atomic E-state index is 0.638. The number of aryl methyl sites for hydroxylation is 1. The van der Waals surface area contributed by atoms with Crippen molar-refractivity contribution in [1.82, 2.24) is 14.9 Å². The number of nitrogens with one attached hydrogen (secondary N) is 1. The van der Waals surface area contributed by atoms with Crippen molar-refractivity contribution in [2.75, 3.05) is 6.54 Å². The molecule has 17 heavy (non-hydrogen) atoms. The van der Waals surface area contributed by atoms with Crippen LogP contribution in [0, 0.1) is 5.92 Å². The average molecular weight is 235 g/mol. The third kappa shape index (κ3) is 2.54. The van der Waals surface area contributed by atoms with E-state index in [1.54, 1.807) is 0 Å². The molecule has 1 aromatic heterocycles. The van der Waals surface area contributed by atoms with E-state index in [4.69, 9.17) is 0 Å². The van der Waals surface area contributed by atoms with Gasteiger partial charge in [-0.2, -0.15) is 0 Å². The van der Waals surface area contributed by atoms with Gasteiger partial charge in [0, 0.05) is 30.9 Å². The van der Waals surface area contributed by atoms with Crippen LogP contribution in [0.2, 0.25) is 0 Å². The van der Waals surface area contributed by atoms with Crippen molar-refractivity contribution in [3.8, 4) is 0 Å². The summed E-state index contributed by atoms with van der Waals surface area (Å²) < 4.78 is 2.30. The van der Waals surface area contributed by atoms with Gasteiger partial charge in [0.05, 0.1) is 0 Å². The van der Waals surface area contributed by atoms with Crippen molar-refractivity contribution in [1.29, 1.82) is 0 Å². The van der Waals surface area contributed by atoms with Gasteiger partial charge in [0.25, 0.3) is 0 Å². The summed E-state index contributed by atoms with van der Waals surface area (Å²) in [5.74, 6) is 2.63. The average Bonchev–Trinajstić information content (AvgIpc) is 2.93. The Morgan fingerprint density at radius 3 is 2.94 bits per heavy atom. The second kappa shape index (κ2) is 5.67. The Bertz CT molecular complexity index is 345. The number of imidazole rings is 1. The molecule has 0 saturated heterocycles. The number of hydrogen-bond donors (Lipinski definition) is 1. The van der Waals surface area contributed by atoms with Crippen LogP contribution in [0.5, 0.6) is 0 Å². The minimum atomic E-state index is 0.638. The lowest BCUT2D eigenvalue weighted by atomic mass is 9.95. The molecule has 3 unspecified atom stereocenters. The SMILES string of the molecule is CCCNC1CCC(c2nccn2CC)C1C. The van der Waals surface area contributed by atoms with Gasteiger partial charge < -0.3 is 9.88 Å².